The third-order valence-electron chi connectivity index (χ3n) is 2.88. The van der Waals surface area contributed by atoms with Crippen molar-refractivity contribution in [1.29, 1.82) is 0 Å². The van der Waals surface area contributed by atoms with Gasteiger partial charge < -0.3 is 20.4 Å². The molecule has 3 N–H and O–H groups in total. The van der Waals surface area contributed by atoms with Crippen LogP contribution in [-0.2, 0) is 4.79 Å². The Bertz CT molecular complexity index is 487. The van der Waals surface area contributed by atoms with Crippen LogP contribution in [0, 0.1) is 0 Å². The molecular formula is C12H14N2O4. The maximum absolute atomic E-state index is 10.9. The molecule has 0 fully saturated rings. The number of nitrogens with one attached hydrogen (secondary N) is 1. The first kappa shape index (κ1) is 12.2. The molecular weight excluding hydrogens is 236 g/mol. The van der Waals surface area contributed by atoms with Crippen molar-refractivity contribution in [2.45, 2.75) is 6.42 Å². The third kappa shape index (κ3) is 2.53. The topological polar surface area (TPSA) is 89.9 Å². The summed E-state index contributed by atoms with van der Waals surface area (Å²) in [5.74, 6) is -1.81. The predicted molar refractivity (Wildman–Crippen MR) is 66.4 cm³/mol. The average molecular weight is 250 g/mol. The van der Waals surface area contributed by atoms with Crippen LogP contribution in [0.1, 0.15) is 16.8 Å². The number of hydrogen-bond acceptors (Lipinski definition) is 4. The van der Waals surface area contributed by atoms with Crippen molar-refractivity contribution in [1.82, 2.24) is 0 Å². The quantitative estimate of drug-likeness (QED) is 0.741. The van der Waals surface area contributed by atoms with Crippen LogP contribution in [0.5, 0.6) is 0 Å². The molecule has 0 aliphatic carbocycles. The summed E-state index contributed by atoms with van der Waals surface area (Å²) in [6, 6.07) is 4.82. The van der Waals surface area contributed by atoms with Crippen LogP contribution < -0.4 is 10.2 Å². The second-order valence-electron chi connectivity index (χ2n) is 4.09. The van der Waals surface area contributed by atoms with Gasteiger partial charge in [0, 0.05) is 19.6 Å². The normalized spacial score (nSPS) is 13.7. The molecule has 0 saturated heterocycles. The molecule has 6 nitrogen and oxygen atoms in total. The molecule has 0 radical (unpaired) electrons. The minimum absolute atomic E-state index is 0.0696. The summed E-state index contributed by atoms with van der Waals surface area (Å²) in [7, 11) is 0. The molecule has 1 aliphatic rings. The first-order valence-electron chi connectivity index (χ1n) is 5.66. The van der Waals surface area contributed by atoms with E-state index in [2.05, 4.69) is 5.32 Å². The Morgan fingerprint density at radius 3 is 2.78 bits per heavy atom. The molecule has 0 saturated carbocycles. The highest BCUT2D eigenvalue weighted by Crippen LogP contribution is 2.30. The maximum atomic E-state index is 10.9. The highest BCUT2D eigenvalue weighted by Gasteiger charge is 2.18. The Labute approximate surface area is 104 Å². The van der Waals surface area contributed by atoms with Crippen molar-refractivity contribution in [3.8, 4) is 0 Å². The zero-order valence-electron chi connectivity index (χ0n) is 9.72. The summed E-state index contributed by atoms with van der Waals surface area (Å²) in [6.07, 6.45) is 0.0696. The number of aromatic carboxylic acids is 1. The highest BCUT2D eigenvalue weighted by molar-refractivity contribution is 5.91. The number of rotatable bonds is 4. The minimum atomic E-state index is -0.970. The van der Waals surface area contributed by atoms with Crippen LogP contribution in [-0.4, -0.2) is 41.8 Å². The summed E-state index contributed by atoms with van der Waals surface area (Å²) >= 11 is 0. The van der Waals surface area contributed by atoms with Gasteiger partial charge in [-0.3, -0.25) is 4.79 Å². The Morgan fingerprint density at radius 1 is 1.33 bits per heavy atom. The molecule has 0 unspecified atom stereocenters. The van der Waals surface area contributed by atoms with E-state index in [-0.39, 0.29) is 12.0 Å². The highest BCUT2D eigenvalue weighted by atomic mass is 16.4. The van der Waals surface area contributed by atoms with Gasteiger partial charge in [0.25, 0.3) is 0 Å². The lowest BCUT2D eigenvalue weighted by Crippen LogP contribution is -2.35. The van der Waals surface area contributed by atoms with Gasteiger partial charge in [-0.2, -0.15) is 0 Å². The Kier molecular flexibility index (Phi) is 3.36. The zero-order chi connectivity index (χ0) is 13.1. The SMILES string of the molecule is O=C(O)CCN1CCNc2cc(C(=O)O)ccc21. The van der Waals surface area contributed by atoms with Crippen molar-refractivity contribution < 1.29 is 19.8 Å². The maximum Gasteiger partial charge on any atom is 0.335 e. The van der Waals surface area contributed by atoms with Gasteiger partial charge in [0.1, 0.15) is 0 Å². The number of nitrogens with zero attached hydrogens (tertiary/aromatic N) is 1. The van der Waals surface area contributed by atoms with Crippen LogP contribution in [0.25, 0.3) is 0 Å². The number of aliphatic carboxylic acids is 1. The van der Waals surface area contributed by atoms with E-state index in [0.29, 0.717) is 19.6 Å². The first-order chi connectivity index (χ1) is 8.58. The number of hydrogen-bond donors (Lipinski definition) is 3. The second-order valence-corrected chi connectivity index (χ2v) is 4.09. The molecule has 1 aliphatic heterocycles. The van der Waals surface area contributed by atoms with E-state index >= 15 is 0 Å². The summed E-state index contributed by atoms with van der Waals surface area (Å²) in [4.78, 5) is 23.4. The van der Waals surface area contributed by atoms with E-state index in [0.717, 1.165) is 11.4 Å². The number of benzene rings is 1. The largest absolute Gasteiger partial charge is 0.481 e. The number of fused-ring (bicyclic) bond motifs is 1. The number of carboxylic acid groups (broad SMARTS) is 2. The van der Waals surface area contributed by atoms with Crippen molar-refractivity contribution in [2.75, 3.05) is 29.9 Å². The lowest BCUT2D eigenvalue weighted by atomic mass is 10.1. The summed E-state index contributed by atoms with van der Waals surface area (Å²) in [5, 5.41) is 20.7. The second kappa shape index (κ2) is 4.95. The first-order valence-corrected chi connectivity index (χ1v) is 5.66. The zero-order valence-corrected chi connectivity index (χ0v) is 9.72. The molecule has 18 heavy (non-hydrogen) atoms. The van der Waals surface area contributed by atoms with Crippen LogP contribution in [0.15, 0.2) is 18.2 Å². The minimum Gasteiger partial charge on any atom is -0.481 e. The molecule has 1 heterocycles. The summed E-state index contributed by atoms with van der Waals surface area (Å²) < 4.78 is 0. The van der Waals surface area contributed by atoms with E-state index in [1.54, 1.807) is 12.1 Å². The van der Waals surface area contributed by atoms with E-state index in [1.807, 2.05) is 4.90 Å². The number of anilines is 2. The average Bonchev–Trinajstić information content (AvgIpc) is 2.35. The summed E-state index contributed by atoms with van der Waals surface area (Å²) in [5.41, 5.74) is 1.82. The predicted octanol–water partition coefficient (Wildman–Crippen LogP) is 1.09. The fourth-order valence-corrected chi connectivity index (χ4v) is 2.00. The van der Waals surface area contributed by atoms with Crippen molar-refractivity contribution in [3.63, 3.8) is 0 Å². The van der Waals surface area contributed by atoms with Gasteiger partial charge >= 0.3 is 11.9 Å². The van der Waals surface area contributed by atoms with Crippen LogP contribution >= 0.6 is 0 Å². The van der Waals surface area contributed by atoms with Gasteiger partial charge in [0.15, 0.2) is 0 Å². The summed E-state index contributed by atoms with van der Waals surface area (Å²) in [6.45, 7) is 1.82. The van der Waals surface area contributed by atoms with Crippen molar-refractivity contribution >= 4 is 23.3 Å². The molecule has 6 heteroatoms. The van der Waals surface area contributed by atoms with Crippen LogP contribution in [0.2, 0.25) is 0 Å². The Balaban J connectivity index is 2.21. The van der Waals surface area contributed by atoms with E-state index in [4.69, 9.17) is 10.2 Å². The van der Waals surface area contributed by atoms with E-state index in [1.165, 1.54) is 6.07 Å². The fraction of sp³-hybridized carbons (Fsp3) is 0.333. The third-order valence-corrected chi connectivity index (χ3v) is 2.88. The van der Waals surface area contributed by atoms with Gasteiger partial charge in [0.2, 0.25) is 0 Å². The molecule has 96 valence electrons. The van der Waals surface area contributed by atoms with Gasteiger partial charge in [-0.1, -0.05) is 0 Å². The standard InChI is InChI=1S/C12H14N2O4/c15-11(16)3-5-14-6-4-13-9-7-8(12(17)18)1-2-10(9)14/h1-2,7,13H,3-6H2,(H,15,16)(H,17,18). The van der Waals surface area contributed by atoms with Crippen LogP contribution in [0.4, 0.5) is 11.4 Å². The molecule has 0 spiro atoms. The lowest BCUT2D eigenvalue weighted by Gasteiger charge is -2.31. The lowest BCUT2D eigenvalue weighted by molar-refractivity contribution is -0.136. The molecule has 2 rings (SSSR count). The smallest absolute Gasteiger partial charge is 0.335 e. The molecule has 0 bridgehead atoms. The van der Waals surface area contributed by atoms with Gasteiger partial charge in [0.05, 0.1) is 23.4 Å². The number of carbonyl (C=O) groups is 2. The molecule has 1 aromatic carbocycles. The molecule has 1 aromatic rings. The Hall–Kier alpha value is -2.24. The van der Waals surface area contributed by atoms with Crippen LogP contribution in [0.3, 0.4) is 0 Å². The van der Waals surface area contributed by atoms with E-state index < -0.39 is 11.9 Å². The van der Waals surface area contributed by atoms with Gasteiger partial charge in [-0.25, -0.2) is 4.79 Å². The molecule has 0 atom stereocenters. The van der Waals surface area contributed by atoms with E-state index in [9.17, 15) is 9.59 Å². The fourth-order valence-electron chi connectivity index (χ4n) is 2.00. The van der Waals surface area contributed by atoms with Gasteiger partial charge in [-0.15, -0.1) is 0 Å². The van der Waals surface area contributed by atoms with Crippen molar-refractivity contribution in [2.24, 2.45) is 0 Å². The molecule has 0 amide bonds. The number of carboxylic acids is 2. The Morgan fingerprint density at radius 2 is 2.11 bits per heavy atom. The molecule has 0 aromatic heterocycles. The monoisotopic (exact) mass is 250 g/mol. The van der Waals surface area contributed by atoms with Gasteiger partial charge in [-0.05, 0) is 18.2 Å². The van der Waals surface area contributed by atoms with Crippen molar-refractivity contribution in [3.05, 3.63) is 23.8 Å².